The van der Waals surface area contributed by atoms with E-state index in [0.29, 0.717) is 12.5 Å². The fourth-order valence-corrected chi connectivity index (χ4v) is 5.88. The summed E-state index contributed by atoms with van der Waals surface area (Å²) in [7, 11) is 0. The molecule has 164 valence electrons. The molecule has 1 N–H and O–H groups in total. The highest BCUT2D eigenvalue weighted by atomic mass is 79.9. The van der Waals surface area contributed by atoms with Crippen LogP contribution in [-0.4, -0.2) is 28.6 Å². The van der Waals surface area contributed by atoms with E-state index in [-0.39, 0.29) is 23.2 Å². The van der Waals surface area contributed by atoms with Gasteiger partial charge in [-0.25, -0.2) is 0 Å². The maximum absolute atomic E-state index is 13.0. The number of aromatic hydroxyl groups is 1. The second kappa shape index (κ2) is 8.22. The number of phenolic OH excluding ortho intramolecular Hbond substituents is 1. The molecule has 3 aliphatic rings. The second-order valence-corrected chi connectivity index (χ2v) is 10.6. The van der Waals surface area contributed by atoms with Crippen LogP contribution in [0.25, 0.3) is 0 Å². The highest BCUT2D eigenvalue weighted by Crippen LogP contribution is 2.56. The van der Waals surface area contributed by atoms with Crippen LogP contribution >= 0.6 is 15.9 Å². The molecule has 1 aliphatic heterocycles. The van der Waals surface area contributed by atoms with E-state index >= 15 is 0 Å². The van der Waals surface area contributed by atoms with Crippen LogP contribution in [0.3, 0.4) is 0 Å². The fourth-order valence-electron chi connectivity index (χ4n) is 5.48. The predicted octanol–water partition coefficient (Wildman–Crippen LogP) is 6.14. The van der Waals surface area contributed by atoms with Crippen molar-refractivity contribution in [3.8, 4) is 11.5 Å². The van der Waals surface area contributed by atoms with Gasteiger partial charge in [-0.05, 0) is 77.0 Å². The van der Waals surface area contributed by atoms with Crippen molar-refractivity contribution in [3.63, 3.8) is 0 Å². The Labute approximate surface area is 188 Å². The van der Waals surface area contributed by atoms with Crippen LogP contribution in [0.5, 0.6) is 11.5 Å². The smallest absolute Gasteiger partial charge is 0.316 e. The Morgan fingerprint density at radius 2 is 2.07 bits per heavy atom. The number of carbonyl (C=O) groups is 1. The lowest BCUT2D eigenvalue weighted by Gasteiger charge is -2.48. The summed E-state index contributed by atoms with van der Waals surface area (Å²) >= 11 is 3.41. The van der Waals surface area contributed by atoms with Crippen LogP contribution in [0.1, 0.15) is 82.8 Å². The fraction of sp³-hybridized carbons (Fsp3) is 0.640. The van der Waals surface area contributed by atoms with E-state index in [0.717, 1.165) is 67.2 Å². The maximum atomic E-state index is 13.0. The zero-order valence-corrected chi connectivity index (χ0v) is 19.9. The molecule has 2 aliphatic carbocycles. The number of phenols is 1. The van der Waals surface area contributed by atoms with E-state index < -0.39 is 5.41 Å². The number of esters is 1. The summed E-state index contributed by atoms with van der Waals surface area (Å²) in [5.74, 6) is 1.43. The number of hydrogen-bond acceptors (Lipinski definition) is 4. The van der Waals surface area contributed by atoms with Crippen LogP contribution < -0.4 is 4.74 Å². The molecule has 0 spiro atoms. The predicted molar refractivity (Wildman–Crippen MR) is 122 cm³/mol. The average molecular weight is 477 g/mol. The number of fused-ring (bicyclic) bond motifs is 3. The quantitative estimate of drug-likeness (QED) is 0.231. The molecule has 30 heavy (non-hydrogen) atoms. The normalized spacial score (nSPS) is 25.8. The van der Waals surface area contributed by atoms with Gasteiger partial charge >= 0.3 is 5.97 Å². The third-order valence-electron chi connectivity index (χ3n) is 7.42. The summed E-state index contributed by atoms with van der Waals surface area (Å²) in [6.45, 7) is 6.90. The molecule has 0 bridgehead atoms. The Balaban J connectivity index is 1.66. The Bertz CT molecular complexity index is 853. The first kappa shape index (κ1) is 21.7. The molecular formula is C25H33BrO4. The van der Waals surface area contributed by atoms with Crippen LogP contribution in [0.4, 0.5) is 0 Å². The molecule has 5 heteroatoms. The number of carbonyl (C=O) groups excluding carboxylic acids is 1. The Morgan fingerprint density at radius 1 is 1.30 bits per heavy atom. The molecule has 1 unspecified atom stereocenters. The number of halogens is 1. The number of hydrogen-bond donors (Lipinski definition) is 1. The SMILES string of the molecule is CC1=CCC2[C@@H](C1)c1c(O)cc(C3(C(=O)OCCCCBr)CCC3)cc1OC2(C)C. The maximum Gasteiger partial charge on any atom is 0.316 e. The molecule has 1 saturated carbocycles. The van der Waals surface area contributed by atoms with Gasteiger partial charge in [0.1, 0.15) is 17.1 Å². The first-order valence-corrected chi connectivity index (χ1v) is 12.4. The van der Waals surface area contributed by atoms with Crippen molar-refractivity contribution in [2.24, 2.45) is 5.92 Å². The number of benzene rings is 1. The molecule has 1 fully saturated rings. The second-order valence-electron chi connectivity index (χ2n) is 9.78. The standard InChI is InChI=1S/C25H33BrO4/c1-16-7-8-19-18(13-16)22-20(27)14-17(15-21(22)30-24(19,2)3)25(9-6-10-25)23(28)29-12-5-4-11-26/h7,14-15,18-19,27H,4-6,8-13H2,1-3H3/t18-,19?/m1/s1. The number of rotatable bonds is 6. The van der Waals surface area contributed by atoms with Gasteiger partial charge in [0.05, 0.1) is 12.0 Å². The zero-order valence-electron chi connectivity index (χ0n) is 18.3. The minimum Gasteiger partial charge on any atom is -0.508 e. The molecule has 0 aromatic heterocycles. The van der Waals surface area contributed by atoms with Gasteiger partial charge in [-0.1, -0.05) is 34.0 Å². The van der Waals surface area contributed by atoms with Crippen LogP contribution in [-0.2, 0) is 14.9 Å². The molecule has 0 saturated heterocycles. The third kappa shape index (κ3) is 3.68. The number of alkyl halides is 1. The molecule has 1 heterocycles. The van der Waals surface area contributed by atoms with Gasteiger partial charge in [-0.2, -0.15) is 0 Å². The van der Waals surface area contributed by atoms with E-state index in [1.54, 1.807) is 0 Å². The van der Waals surface area contributed by atoms with E-state index in [1.165, 1.54) is 5.57 Å². The van der Waals surface area contributed by atoms with Crippen molar-refractivity contribution < 1.29 is 19.4 Å². The Kier molecular flexibility index (Phi) is 5.95. The molecule has 0 amide bonds. The number of allylic oxidation sites excluding steroid dienone is 2. The largest absolute Gasteiger partial charge is 0.508 e. The van der Waals surface area contributed by atoms with Gasteiger partial charge in [0.15, 0.2) is 0 Å². The summed E-state index contributed by atoms with van der Waals surface area (Å²) in [5.41, 5.74) is 2.16. The molecule has 4 rings (SSSR count). The molecule has 2 atom stereocenters. The number of ether oxygens (including phenoxy) is 2. The highest BCUT2D eigenvalue weighted by Gasteiger charge is 2.50. The molecular weight excluding hydrogens is 444 g/mol. The van der Waals surface area contributed by atoms with E-state index in [4.69, 9.17) is 9.47 Å². The minimum absolute atomic E-state index is 0.160. The van der Waals surface area contributed by atoms with Crippen molar-refractivity contribution in [2.45, 2.75) is 82.7 Å². The molecule has 4 nitrogen and oxygen atoms in total. The lowest BCUT2D eigenvalue weighted by molar-refractivity contribution is -0.154. The highest BCUT2D eigenvalue weighted by molar-refractivity contribution is 9.09. The summed E-state index contributed by atoms with van der Waals surface area (Å²) in [4.78, 5) is 13.0. The van der Waals surface area contributed by atoms with Crippen molar-refractivity contribution >= 4 is 21.9 Å². The lowest BCUT2D eigenvalue weighted by Crippen LogP contribution is -2.46. The van der Waals surface area contributed by atoms with E-state index in [2.05, 4.69) is 42.8 Å². The minimum atomic E-state index is -0.645. The van der Waals surface area contributed by atoms with Crippen molar-refractivity contribution in [1.29, 1.82) is 0 Å². The van der Waals surface area contributed by atoms with Gasteiger partial charge in [-0.3, -0.25) is 4.79 Å². The Morgan fingerprint density at radius 3 is 2.73 bits per heavy atom. The third-order valence-corrected chi connectivity index (χ3v) is 7.98. The van der Waals surface area contributed by atoms with Gasteiger partial charge in [0, 0.05) is 22.7 Å². The van der Waals surface area contributed by atoms with Crippen LogP contribution in [0.2, 0.25) is 0 Å². The van der Waals surface area contributed by atoms with Crippen molar-refractivity contribution in [3.05, 3.63) is 34.9 Å². The van der Waals surface area contributed by atoms with Crippen LogP contribution in [0, 0.1) is 5.92 Å². The van der Waals surface area contributed by atoms with E-state index in [9.17, 15) is 9.90 Å². The Hall–Kier alpha value is -1.49. The first-order valence-electron chi connectivity index (χ1n) is 11.2. The van der Waals surface area contributed by atoms with Crippen molar-refractivity contribution in [1.82, 2.24) is 0 Å². The molecule has 0 radical (unpaired) electrons. The summed E-state index contributed by atoms with van der Waals surface area (Å²) < 4.78 is 12.1. The summed E-state index contributed by atoms with van der Waals surface area (Å²) in [6, 6.07) is 3.82. The van der Waals surface area contributed by atoms with Crippen LogP contribution in [0.15, 0.2) is 23.8 Å². The monoisotopic (exact) mass is 476 g/mol. The van der Waals surface area contributed by atoms with Gasteiger partial charge in [0.25, 0.3) is 0 Å². The number of unbranched alkanes of at least 4 members (excludes halogenated alkanes) is 1. The topological polar surface area (TPSA) is 55.8 Å². The average Bonchev–Trinajstić information content (AvgIpc) is 2.63. The molecule has 1 aromatic rings. The van der Waals surface area contributed by atoms with Crippen molar-refractivity contribution in [2.75, 3.05) is 11.9 Å². The molecule has 1 aromatic carbocycles. The van der Waals surface area contributed by atoms with Gasteiger partial charge in [-0.15, -0.1) is 0 Å². The first-order chi connectivity index (χ1) is 14.3. The van der Waals surface area contributed by atoms with Gasteiger partial charge in [0.2, 0.25) is 0 Å². The van der Waals surface area contributed by atoms with E-state index in [1.807, 2.05) is 12.1 Å². The van der Waals surface area contributed by atoms with Gasteiger partial charge < -0.3 is 14.6 Å². The zero-order chi connectivity index (χ0) is 21.5. The lowest BCUT2D eigenvalue weighted by atomic mass is 9.63. The summed E-state index contributed by atoms with van der Waals surface area (Å²) in [5, 5.41) is 12.0. The summed E-state index contributed by atoms with van der Waals surface area (Å²) in [6.07, 6.45) is 8.58.